The summed E-state index contributed by atoms with van der Waals surface area (Å²) in [5.41, 5.74) is 5.54. The number of anilines is 2. The molecular formula is C9H9BrN4O2S. The molecule has 90 valence electrons. The van der Waals surface area contributed by atoms with Crippen LogP contribution in [0.4, 0.5) is 11.6 Å². The maximum Gasteiger partial charge on any atom is 0.266 e. The van der Waals surface area contributed by atoms with Crippen LogP contribution in [0.2, 0.25) is 0 Å². The van der Waals surface area contributed by atoms with Crippen LogP contribution in [0.15, 0.2) is 40.0 Å². The van der Waals surface area contributed by atoms with Crippen molar-refractivity contribution >= 4 is 37.6 Å². The van der Waals surface area contributed by atoms with Gasteiger partial charge in [0.2, 0.25) is 0 Å². The van der Waals surface area contributed by atoms with Crippen LogP contribution in [0.5, 0.6) is 0 Å². The molecule has 0 aliphatic carbocycles. The molecule has 0 radical (unpaired) electrons. The number of nitrogens with one attached hydrogen (secondary N) is 2. The number of halogens is 1. The SMILES string of the molecule is Nc1ncc(Br)cc1S(=O)(=O)Nc1ccc[nH]1. The van der Waals surface area contributed by atoms with Crippen molar-refractivity contribution in [1.82, 2.24) is 9.97 Å². The number of nitrogens with zero attached hydrogens (tertiary/aromatic N) is 1. The van der Waals surface area contributed by atoms with Crippen LogP contribution in [-0.4, -0.2) is 18.4 Å². The van der Waals surface area contributed by atoms with Crippen LogP contribution < -0.4 is 10.5 Å². The monoisotopic (exact) mass is 316 g/mol. The fourth-order valence-corrected chi connectivity index (χ4v) is 2.86. The van der Waals surface area contributed by atoms with E-state index in [1.165, 1.54) is 12.3 Å². The molecule has 6 nitrogen and oxygen atoms in total. The van der Waals surface area contributed by atoms with Crippen molar-refractivity contribution in [2.75, 3.05) is 10.5 Å². The van der Waals surface area contributed by atoms with Gasteiger partial charge in [0.1, 0.15) is 16.5 Å². The highest BCUT2D eigenvalue weighted by atomic mass is 79.9. The summed E-state index contributed by atoms with van der Waals surface area (Å²) in [6.07, 6.45) is 3.05. The number of H-pyrrole nitrogens is 1. The minimum Gasteiger partial charge on any atom is -0.383 e. The van der Waals surface area contributed by atoms with Crippen molar-refractivity contribution in [3.05, 3.63) is 35.1 Å². The molecule has 0 saturated carbocycles. The van der Waals surface area contributed by atoms with E-state index in [9.17, 15) is 8.42 Å². The number of aromatic nitrogens is 2. The predicted molar refractivity (Wildman–Crippen MR) is 68.0 cm³/mol. The number of sulfonamides is 1. The first kappa shape index (κ1) is 11.9. The van der Waals surface area contributed by atoms with E-state index >= 15 is 0 Å². The zero-order valence-corrected chi connectivity index (χ0v) is 10.9. The third kappa shape index (κ3) is 2.59. The fraction of sp³-hybridized carbons (Fsp3) is 0. The van der Waals surface area contributed by atoms with Gasteiger partial charge < -0.3 is 10.7 Å². The Morgan fingerprint density at radius 3 is 2.88 bits per heavy atom. The fourth-order valence-electron chi connectivity index (χ4n) is 1.24. The summed E-state index contributed by atoms with van der Waals surface area (Å²) in [6.45, 7) is 0. The van der Waals surface area contributed by atoms with Crippen LogP contribution in [0.25, 0.3) is 0 Å². The molecule has 2 aromatic heterocycles. The second kappa shape index (κ2) is 4.38. The molecule has 0 bridgehead atoms. The summed E-state index contributed by atoms with van der Waals surface area (Å²) in [5, 5.41) is 0. The quantitative estimate of drug-likeness (QED) is 0.799. The predicted octanol–water partition coefficient (Wildman–Crippen LogP) is 1.56. The third-order valence-electron chi connectivity index (χ3n) is 1.98. The number of hydrogen-bond acceptors (Lipinski definition) is 4. The van der Waals surface area contributed by atoms with Crippen molar-refractivity contribution in [3.63, 3.8) is 0 Å². The summed E-state index contributed by atoms with van der Waals surface area (Å²) >= 11 is 3.15. The molecule has 0 saturated heterocycles. The molecule has 8 heteroatoms. The number of pyridine rings is 1. The molecule has 0 amide bonds. The summed E-state index contributed by atoms with van der Waals surface area (Å²) in [5.74, 6) is 0.316. The van der Waals surface area contributed by atoms with Gasteiger partial charge in [-0.25, -0.2) is 13.4 Å². The smallest absolute Gasteiger partial charge is 0.266 e. The van der Waals surface area contributed by atoms with E-state index in [0.717, 1.165) is 0 Å². The minimum absolute atomic E-state index is 0.0488. The van der Waals surface area contributed by atoms with Gasteiger partial charge in [-0.2, -0.15) is 0 Å². The molecule has 0 fully saturated rings. The topological polar surface area (TPSA) is 101 Å². The van der Waals surface area contributed by atoms with Crippen LogP contribution in [0.3, 0.4) is 0 Å². The van der Waals surface area contributed by atoms with E-state index < -0.39 is 10.0 Å². The number of rotatable bonds is 3. The summed E-state index contributed by atoms with van der Waals surface area (Å²) in [4.78, 5) is 6.44. The van der Waals surface area contributed by atoms with Gasteiger partial charge in [-0.3, -0.25) is 4.72 Å². The van der Waals surface area contributed by atoms with Gasteiger partial charge in [-0.05, 0) is 34.1 Å². The average Bonchev–Trinajstić information content (AvgIpc) is 2.73. The second-order valence-electron chi connectivity index (χ2n) is 3.23. The van der Waals surface area contributed by atoms with E-state index in [4.69, 9.17) is 5.73 Å². The standard InChI is InChI=1S/C9H9BrN4O2S/c10-6-4-7(9(11)13-5-6)17(15,16)14-8-2-1-3-12-8/h1-5,12,14H,(H2,11,13). The van der Waals surface area contributed by atoms with E-state index in [1.807, 2.05) is 0 Å². The van der Waals surface area contributed by atoms with Gasteiger partial charge in [0, 0.05) is 16.9 Å². The number of hydrogen-bond donors (Lipinski definition) is 3. The normalized spacial score (nSPS) is 11.4. The van der Waals surface area contributed by atoms with Crippen LogP contribution in [-0.2, 0) is 10.0 Å². The summed E-state index contributed by atoms with van der Waals surface area (Å²) in [6, 6.07) is 4.67. The largest absolute Gasteiger partial charge is 0.383 e. The summed E-state index contributed by atoms with van der Waals surface area (Å²) < 4.78 is 26.9. The molecule has 2 rings (SSSR count). The van der Waals surface area contributed by atoms with Gasteiger partial charge in [-0.15, -0.1) is 0 Å². The van der Waals surface area contributed by atoms with E-state index in [0.29, 0.717) is 10.3 Å². The summed E-state index contributed by atoms with van der Waals surface area (Å²) in [7, 11) is -3.74. The molecular weight excluding hydrogens is 308 g/mol. The first-order chi connectivity index (χ1) is 7.99. The lowest BCUT2D eigenvalue weighted by Gasteiger charge is -2.08. The first-order valence-corrected chi connectivity index (χ1v) is 6.84. The number of aromatic amines is 1. The molecule has 0 unspecified atom stereocenters. The second-order valence-corrected chi connectivity index (χ2v) is 5.79. The molecule has 0 aromatic carbocycles. The van der Waals surface area contributed by atoms with Crippen LogP contribution in [0, 0.1) is 0 Å². The Hall–Kier alpha value is -1.54. The molecule has 0 aliphatic heterocycles. The van der Waals surface area contributed by atoms with Crippen molar-refractivity contribution in [3.8, 4) is 0 Å². The number of nitrogen functional groups attached to an aromatic ring is 1. The lowest BCUT2D eigenvalue weighted by molar-refractivity contribution is 0.601. The maximum atomic E-state index is 12.0. The lowest BCUT2D eigenvalue weighted by atomic mass is 10.5. The maximum absolute atomic E-state index is 12.0. The highest BCUT2D eigenvalue weighted by Crippen LogP contribution is 2.22. The Morgan fingerprint density at radius 1 is 1.47 bits per heavy atom. The van der Waals surface area contributed by atoms with Crippen molar-refractivity contribution in [2.45, 2.75) is 4.90 Å². The van der Waals surface area contributed by atoms with Crippen molar-refractivity contribution < 1.29 is 8.42 Å². The van der Waals surface area contributed by atoms with Gasteiger partial charge in [0.05, 0.1) is 0 Å². The van der Waals surface area contributed by atoms with Crippen molar-refractivity contribution in [2.24, 2.45) is 0 Å². The van der Waals surface area contributed by atoms with Crippen molar-refractivity contribution in [1.29, 1.82) is 0 Å². The lowest BCUT2D eigenvalue weighted by Crippen LogP contribution is -2.15. The van der Waals surface area contributed by atoms with E-state index in [2.05, 4.69) is 30.6 Å². The van der Waals surface area contributed by atoms with Gasteiger partial charge >= 0.3 is 0 Å². The van der Waals surface area contributed by atoms with Crippen LogP contribution in [0.1, 0.15) is 0 Å². The van der Waals surface area contributed by atoms with Gasteiger partial charge in [-0.1, -0.05) is 0 Å². The Labute approximate surface area is 106 Å². The Kier molecular flexibility index (Phi) is 3.07. The zero-order valence-electron chi connectivity index (χ0n) is 8.51. The van der Waals surface area contributed by atoms with E-state index in [-0.39, 0.29) is 10.7 Å². The first-order valence-electron chi connectivity index (χ1n) is 4.56. The van der Waals surface area contributed by atoms with Gasteiger partial charge in [0.15, 0.2) is 0 Å². The Morgan fingerprint density at radius 2 is 2.24 bits per heavy atom. The molecule has 2 aromatic rings. The molecule has 0 spiro atoms. The van der Waals surface area contributed by atoms with E-state index in [1.54, 1.807) is 18.3 Å². The van der Waals surface area contributed by atoms with Crippen LogP contribution >= 0.6 is 15.9 Å². The number of nitrogens with two attached hydrogens (primary N) is 1. The Balaban J connectivity index is 2.41. The minimum atomic E-state index is -3.74. The average molecular weight is 317 g/mol. The molecule has 0 aliphatic rings. The molecule has 2 heterocycles. The zero-order chi connectivity index (χ0) is 12.5. The highest BCUT2D eigenvalue weighted by Gasteiger charge is 2.19. The molecule has 4 N–H and O–H groups in total. The third-order valence-corrected chi connectivity index (χ3v) is 3.81. The van der Waals surface area contributed by atoms with Gasteiger partial charge in [0.25, 0.3) is 10.0 Å². The molecule has 0 atom stereocenters. The highest BCUT2D eigenvalue weighted by molar-refractivity contribution is 9.10. The molecule has 17 heavy (non-hydrogen) atoms. The Bertz CT molecular complexity index is 624.